The molecule has 1 aromatic heterocycles. The first kappa shape index (κ1) is 16.6. The molecule has 0 aliphatic rings. The standard InChI is InChI=1S/C12H10Cl2N4O3S/c1-5-2-3-6(13)9(8(5)14)15-7(19)4-22-11-10(20)16-12(21)18-17-11/h2-3H,4H2,1H3,(H,15,19)(H2,16,18,20,21). The summed E-state index contributed by atoms with van der Waals surface area (Å²) in [6, 6.07) is 3.36. The molecule has 1 heterocycles. The van der Waals surface area contributed by atoms with Crippen molar-refractivity contribution in [2.24, 2.45) is 0 Å². The Morgan fingerprint density at radius 1 is 1.36 bits per heavy atom. The molecule has 116 valence electrons. The lowest BCUT2D eigenvalue weighted by Crippen LogP contribution is -2.25. The van der Waals surface area contributed by atoms with Crippen molar-refractivity contribution in [3.8, 4) is 0 Å². The number of carbonyl (C=O) groups is 1. The van der Waals surface area contributed by atoms with Gasteiger partial charge >= 0.3 is 5.69 Å². The van der Waals surface area contributed by atoms with Crippen LogP contribution in [0.4, 0.5) is 5.69 Å². The number of aryl methyl sites for hydroxylation is 1. The summed E-state index contributed by atoms with van der Waals surface area (Å²) in [7, 11) is 0. The van der Waals surface area contributed by atoms with E-state index in [4.69, 9.17) is 23.2 Å². The highest BCUT2D eigenvalue weighted by Crippen LogP contribution is 2.32. The van der Waals surface area contributed by atoms with Crippen LogP contribution in [0.25, 0.3) is 0 Å². The number of anilines is 1. The zero-order chi connectivity index (χ0) is 16.3. The van der Waals surface area contributed by atoms with Crippen LogP contribution < -0.4 is 16.6 Å². The van der Waals surface area contributed by atoms with Crippen LogP contribution >= 0.6 is 35.0 Å². The van der Waals surface area contributed by atoms with Gasteiger partial charge in [0.15, 0.2) is 5.03 Å². The summed E-state index contributed by atoms with van der Waals surface area (Å²) in [4.78, 5) is 36.2. The second-order valence-corrected chi connectivity index (χ2v) is 5.95. The molecule has 3 N–H and O–H groups in total. The number of hydrogen-bond donors (Lipinski definition) is 3. The lowest BCUT2D eigenvalue weighted by atomic mass is 10.2. The highest BCUT2D eigenvalue weighted by atomic mass is 35.5. The fraction of sp³-hybridized carbons (Fsp3) is 0.167. The van der Waals surface area contributed by atoms with Crippen molar-refractivity contribution in [1.82, 2.24) is 15.2 Å². The number of nitrogens with zero attached hydrogens (tertiary/aromatic N) is 1. The van der Waals surface area contributed by atoms with Crippen molar-refractivity contribution in [3.63, 3.8) is 0 Å². The number of rotatable bonds is 4. The summed E-state index contributed by atoms with van der Waals surface area (Å²) >= 11 is 13.0. The number of aromatic amines is 2. The molecular formula is C12H10Cl2N4O3S. The van der Waals surface area contributed by atoms with Gasteiger partial charge in [-0.15, -0.1) is 0 Å². The second kappa shape index (κ2) is 6.99. The van der Waals surface area contributed by atoms with E-state index in [1.165, 1.54) is 0 Å². The molecule has 7 nitrogen and oxygen atoms in total. The lowest BCUT2D eigenvalue weighted by molar-refractivity contribution is -0.113. The van der Waals surface area contributed by atoms with E-state index in [1.54, 1.807) is 19.1 Å². The van der Waals surface area contributed by atoms with Gasteiger partial charge in [0.2, 0.25) is 5.91 Å². The van der Waals surface area contributed by atoms with E-state index < -0.39 is 17.2 Å². The van der Waals surface area contributed by atoms with Crippen molar-refractivity contribution in [2.75, 3.05) is 11.1 Å². The fourth-order valence-electron chi connectivity index (χ4n) is 1.52. The molecule has 2 aromatic rings. The Hall–Kier alpha value is -1.77. The number of hydrogen-bond acceptors (Lipinski definition) is 5. The van der Waals surface area contributed by atoms with E-state index in [1.807, 2.05) is 4.98 Å². The molecule has 0 unspecified atom stereocenters. The molecule has 0 fully saturated rings. The predicted molar refractivity (Wildman–Crippen MR) is 86.0 cm³/mol. The Bertz CT molecular complexity index is 834. The molecule has 0 saturated carbocycles. The zero-order valence-electron chi connectivity index (χ0n) is 11.2. The van der Waals surface area contributed by atoms with Gasteiger partial charge in [0, 0.05) is 0 Å². The van der Waals surface area contributed by atoms with Crippen molar-refractivity contribution in [1.29, 1.82) is 0 Å². The van der Waals surface area contributed by atoms with Crippen LogP contribution in [-0.4, -0.2) is 26.8 Å². The summed E-state index contributed by atoms with van der Waals surface area (Å²) in [5.41, 5.74) is -0.282. The van der Waals surface area contributed by atoms with Crippen LogP contribution in [0.5, 0.6) is 0 Å². The molecule has 10 heteroatoms. The summed E-state index contributed by atoms with van der Waals surface area (Å²) in [5.74, 6) is -0.505. The second-order valence-electron chi connectivity index (χ2n) is 4.20. The predicted octanol–water partition coefficient (Wildman–Crippen LogP) is 1.80. The van der Waals surface area contributed by atoms with Gasteiger partial charge < -0.3 is 5.32 Å². The van der Waals surface area contributed by atoms with Crippen molar-refractivity contribution < 1.29 is 4.79 Å². The van der Waals surface area contributed by atoms with E-state index in [0.29, 0.717) is 15.7 Å². The van der Waals surface area contributed by atoms with E-state index in [0.717, 1.165) is 17.3 Å². The Balaban J connectivity index is 2.07. The van der Waals surface area contributed by atoms with Gasteiger partial charge in [-0.1, -0.05) is 41.0 Å². The highest BCUT2D eigenvalue weighted by molar-refractivity contribution is 7.99. The van der Waals surface area contributed by atoms with Gasteiger partial charge in [-0.3, -0.25) is 14.6 Å². The smallest absolute Gasteiger partial charge is 0.323 e. The van der Waals surface area contributed by atoms with Gasteiger partial charge in [-0.05, 0) is 18.6 Å². The third-order valence-electron chi connectivity index (χ3n) is 2.57. The Morgan fingerprint density at radius 3 is 2.77 bits per heavy atom. The third-order valence-corrected chi connectivity index (χ3v) is 4.33. The van der Waals surface area contributed by atoms with Gasteiger partial charge in [0.25, 0.3) is 5.56 Å². The SMILES string of the molecule is Cc1ccc(Cl)c(NC(=O)CSc2n[nH]c(=O)[nH]c2=O)c1Cl. The van der Waals surface area contributed by atoms with E-state index >= 15 is 0 Å². The summed E-state index contributed by atoms with van der Waals surface area (Å²) in [5, 5.41) is 8.87. The molecule has 0 bridgehead atoms. The number of H-pyrrole nitrogens is 2. The van der Waals surface area contributed by atoms with Crippen LogP contribution in [0.3, 0.4) is 0 Å². The lowest BCUT2D eigenvalue weighted by Gasteiger charge is -2.10. The Labute approximate surface area is 138 Å². The minimum absolute atomic E-state index is 0.0174. The maximum absolute atomic E-state index is 11.9. The molecule has 22 heavy (non-hydrogen) atoms. The zero-order valence-corrected chi connectivity index (χ0v) is 13.5. The average Bonchev–Trinajstić information content (AvgIpc) is 2.47. The van der Waals surface area contributed by atoms with Gasteiger partial charge in [0.05, 0.1) is 21.5 Å². The first-order valence-electron chi connectivity index (χ1n) is 5.94. The molecule has 2 rings (SSSR count). The first-order chi connectivity index (χ1) is 10.4. The highest BCUT2D eigenvalue weighted by Gasteiger charge is 2.13. The average molecular weight is 361 g/mol. The largest absolute Gasteiger partial charge is 0.342 e. The van der Waals surface area contributed by atoms with E-state index in [2.05, 4.69) is 15.5 Å². The molecule has 1 aromatic carbocycles. The number of nitrogens with one attached hydrogen (secondary N) is 3. The van der Waals surface area contributed by atoms with Gasteiger partial charge in [-0.25, -0.2) is 9.89 Å². The quantitative estimate of drug-likeness (QED) is 0.720. The molecule has 0 spiro atoms. The van der Waals surface area contributed by atoms with Crippen LogP contribution in [0.2, 0.25) is 10.0 Å². The first-order valence-corrected chi connectivity index (χ1v) is 7.69. The van der Waals surface area contributed by atoms with Crippen molar-refractivity contribution >= 4 is 46.6 Å². The minimum Gasteiger partial charge on any atom is -0.323 e. The van der Waals surface area contributed by atoms with Gasteiger partial charge in [-0.2, -0.15) is 5.10 Å². The monoisotopic (exact) mass is 360 g/mol. The number of amides is 1. The molecule has 0 atom stereocenters. The van der Waals surface area contributed by atoms with Crippen molar-refractivity contribution in [2.45, 2.75) is 11.9 Å². The number of thioether (sulfide) groups is 1. The molecule has 0 aliphatic heterocycles. The minimum atomic E-state index is -0.711. The third kappa shape index (κ3) is 3.90. The molecule has 1 amide bonds. The topological polar surface area (TPSA) is 108 Å². The van der Waals surface area contributed by atoms with E-state index in [9.17, 15) is 14.4 Å². The number of benzene rings is 1. The Kier molecular flexibility index (Phi) is 5.28. The Morgan fingerprint density at radius 2 is 2.09 bits per heavy atom. The fourth-order valence-corrected chi connectivity index (χ4v) is 2.61. The maximum atomic E-state index is 11.9. The van der Waals surface area contributed by atoms with Gasteiger partial charge in [0.1, 0.15) is 0 Å². The van der Waals surface area contributed by atoms with E-state index in [-0.39, 0.29) is 10.8 Å². The molecule has 0 saturated heterocycles. The van der Waals surface area contributed by atoms with Crippen LogP contribution in [0.1, 0.15) is 5.56 Å². The van der Waals surface area contributed by atoms with Crippen molar-refractivity contribution in [3.05, 3.63) is 48.6 Å². The molecule has 0 aliphatic carbocycles. The normalized spacial score (nSPS) is 10.5. The number of halogens is 2. The summed E-state index contributed by atoms with van der Waals surface area (Å²) in [6.45, 7) is 1.78. The molecular weight excluding hydrogens is 351 g/mol. The molecule has 0 radical (unpaired) electrons. The van der Waals surface area contributed by atoms with Crippen LogP contribution in [-0.2, 0) is 4.79 Å². The van der Waals surface area contributed by atoms with Crippen LogP contribution in [0.15, 0.2) is 26.7 Å². The number of aromatic nitrogens is 3. The summed E-state index contributed by atoms with van der Waals surface area (Å²) in [6.07, 6.45) is 0. The number of carbonyl (C=O) groups excluding carboxylic acids is 1. The van der Waals surface area contributed by atoms with Crippen LogP contribution in [0, 0.1) is 6.92 Å². The summed E-state index contributed by atoms with van der Waals surface area (Å²) < 4.78 is 0. The maximum Gasteiger partial charge on any atom is 0.342 e.